The maximum absolute atomic E-state index is 13.3. The number of carbonyl (C=O) groups excluding carboxylic acids is 1. The molecule has 1 N–H and O–H groups in total. The number of pyridine rings is 1. The Labute approximate surface area is 151 Å². The van der Waals surface area contributed by atoms with E-state index in [1.54, 1.807) is 17.0 Å². The number of nitrogens with one attached hydrogen (secondary N) is 1. The average molecular weight is 353 g/mol. The summed E-state index contributed by atoms with van der Waals surface area (Å²) in [4.78, 5) is 18.5. The second-order valence-electron chi connectivity index (χ2n) is 7.47. The number of carbonyl (C=O) groups is 1. The summed E-state index contributed by atoms with van der Waals surface area (Å²) < 4.78 is 19.4. The topological polar surface area (TPSA) is 54.5 Å². The number of piperidine rings is 1. The van der Waals surface area contributed by atoms with Gasteiger partial charge in [0.1, 0.15) is 11.9 Å². The molecule has 1 amide bonds. The van der Waals surface area contributed by atoms with Gasteiger partial charge in [0, 0.05) is 43.1 Å². The van der Waals surface area contributed by atoms with Gasteiger partial charge in [0.15, 0.2) is 0 Å². The van der Waals surface area contributed by atoms with Crippen molar-refractivity contribution in [1.29, 1.82) is 0 Å². The first-order valence-electron chi connectivity index (χ1n) is 9.07. The van der Waals surface area contributed by atoms with Gasteiger partial charge < -0.3 is 15.0 Å². The van der Waals surface area contributed by atoms with Crippen LogP contribution in [0.1, 0.15) is 6.92 Å². The number of rotatable bonds is 4. The highest BCUT2D eigenvalue weighted by molar-refractivity contribution is 6.01. The van der Waals surface area contributed by atoms with Crippen LogP contribution in [-0.2, 0) is 4.79 Å². The molecule has 4 atom stereocenters. The van der Waals surface area contributed by atoms with E-state index in [0.29, 0.717) is 30.0 Å². The molecule has 0 bridgehead atoms. The molecule has 3 aliphatic rings. The Bertz CT molecular complexity index is 860. The van der Waals surface area contributed by atoms with E-state index in [4.69, 9.17) is 4.74 Å². The van der Waals surface area contributed by atoms with Crippen LogP contribution in [-0.4, -0.2) is 36.6 Å². The van der Waals surface area contributed by atoms with Crippen LogP contribution >= 0.6 is 0 Å². The van der Waals surface area contributed by atoms with Crippen LogP contribution in [0.4, 0.5) is 10.1 Å². The van der Waals surface area contributed by atoms with Crippen molar-refractivity contribution in [2.75, 3.05) is 24.5 Å². The van der Waals surface area contributed by atoms with Crippen molar-refractivity contribution in [3.8, 4) is 17.1 Å². The molecule has 1 aromatic carbocycles. The maximum atomic E-state index is 13.3. The summed E-state index contributed by atoms with van der Waals surface area (Å²) in [6.07, 6.45) is 0.200. The molecule has 2 aliphatic heterocycles. The molecule has 2 unspecified atom stereocenters. The molecular weight excluding hydrogens is 333 g/mol. The summed E-state index contributed by atoms with van der Waals surface area (Å²) in [5, 5.41) is 3.35. The van der Waals surface area contributed by atoms with E-state index < -0.39 is 0 Å². The zero-order chi connectivity index (χ0) is 17.8. The predicted molar refractivity (Wildman–Crippen MR) is 95.4 cm³/mol. The molecule has 3 heterocycles. The molecule has 5 nitrogen and oxygen atoms in total. The van der Waals surface area contributed by atoms with E-state index in [2.05, 4.69) is 10.3 Å². The minimum absolute atomic E-state index is 0.0515. The predicted octanol–water partition coefficient (Wildman–Crippen LogP) is 2.47. The van der Waals surface area contributed by atoms with Crippen LogP contribution in [0.15, 0.2) is 36.4 Å². The SMILES string of the molecule is CC1CN(c2cc(OC3[C@H]4CNC[C@@H]34)nc(-c3ccc(F)cc3)c2)C1=O. The summed E-state index contributed by atoms with van der Waals surface area (Å²) in [7, 11) is 0. The summed E-state index contributed by atoms with van der Waals surface area (Å²) in [6, 6.07) is 9.94. The van der Waals surface area contributed by atoms with Crippen LogP contribution in [0.2, 0.25) is 0 Å². The fraction of sp³-hybridized carbons (Fsp3) is 0.400. The number of anilines is 1. The maximum Gasteiger partial charge on any atom is 0.231 e. The van der Waals surface area contributed by atoms with Crippen molar-refractivity contribution in [2.24, 2.45) is 17.8 Å². The van der Waals surface area contributed by atoms with E-state index >= 15 is 0 Å². The van der Waals surface area contributed by atoms with E-state index in [1.165, 1.54) is 12.1 Å². The molecule has 1 aromatic heterocycles. The number of hydrogen-bond donors (Lipinski definition) is 1. The molecular formula is C20H20FN3O2. The van der Waals surface area contributed by atoms with Crippen LogP contribution in [0, 0.1) is 23.6 Å². The van der Waals surface area contributed by atoms with Crippen LogP contribution in [0.5, 0.6) is 5.88 Å². The Morgan fingerprint density at radius 2 is 1.92 bits per heavy atom. The monoisotopic (exact) mass is 353 g/mol. The lowest BCUT2D eigenvalue weighted by Gasteiger charge is -2.36. The molecule has 5 rings (SSSR count). The number of halogens is 1. The van der Waals surface area contributed by atoms with E-state index in [9.17, 15) is 9.18 Å². The lowest BCUT2D eigenvalue weighted by Crippen LogP contribution is -2.51. The first-order chi connectivity index (χ1) is 12.6. The highest BCUT2D eigenvalue weighted by atomic mass is 19.1. The number of β-lactam (4-membered cyclic amide) rings is 1. The number of nitrogens with zero attached hydrogens (tertiary/aromatic N) is 2. The second kappa shape index (κ2) is 5.77. The van der Waals surface area contributed by atoms with Crippen LogP contribution in [0.3, 0.4) is 0 Å². The number of ether oxygens (including phenoxy) is 1. The Balaban J connectivity index is 1.48. The summed E-state index contributed by atoms with van der Waals surface area (Å²) in [5.41, 5.74) is 2.28. The fourth-order valence-corrected chi connectivity index (χ4v) is 3.98. The van der Waals surface area contributed by atoms with Gasteiger partial charge in [0.05, 0.1) is 17.3 Å². The standard InChI is InChI=1S/C20H20FN3O2/c1-11-10-24(20(11)25)14-6-17(12-2-4-13(21)5-3-12)23-18(7-14)26-19-15-8-22-9-16(15)19/h2-7,11,15-16,19,22H,8-10H2,1H3/t11?,15-,16+,19?. The first kappa shape index (κ1) is 15.8. The molecule has 134 valence electrons. The van der Waals surface area contributed by atoms with Crippen LogP contribution < -0.4 is 15.0 Å². The fourth-order valence-electron chi connectivity index (χ4n) is 3.98. The molecule has 1 aliphatic carbocycles. The number of hydrogen-bond acceptors (Lipinski definition) is 4. The van der Waals surface area contributed by atoms with Crippen molar-refractivity contribution in [3.63, 3.8) is 0 Å². The van der Waals surface area contributed by atoms with Crippen LogP contribution in [0.25, 0.3) is 11.3 Å². The molecule has 26 heavy (non-hydrogen) atoms. The van der Waals surface area contributed by atoms with Crippen molar-refractivity contribution < 1.29 is 13.9 Å². The third-order valence-electron chi connectivity index (χ3n) is 5.65. The normalized spacial score (nSPS) is 29.3. The molecule has 1 saturated carbocycles. The highest BCUT2D eigenvalue weighted by Gasteiger charge is 2.55. The number of amides is 1. The smallest absolute Gasteiger partial charge is 0.231 e. The Morgan fingerprint density at radius 1 is 1.19 bits per heavy atom. The summed E-state index contributed by atoms with van der Waals surface area (Å²) >= 11 is 0. The van der Waals surface area contributed by atoms with Gasteiger partial charge in [-0.3, -0.25) is 4.79 Å². The van der Waals surface area contributed by atoms with Gasteiger partial charge in [0.25, 0.3) is 0 Å². The second-order valence-corrected chi connectivity index (χ2v) is 7.47. The molecule has 0 radical (unpaired) electrons. The largest absolute Gasteiger partial charge is 0.474 e. The van der Waals surface area contributed by atoms with E-state index in [0.717, 1.165) is 24.3 Å². The zero-order valence-electron chi connectivity index (χ0n) is 14.5. The number of benzene rings is 1. The number of aromatic nitrogens is 1. The van der Waals surface area contributed by atoms with Crippen molar-refractivity contribution in [1.82, 2.24) is 10.3 Å². The zero-order valence-corrected chi connectivity index (χ0v) is 14.5. The Kier molecular flexibility index (Phi) is 3.50. The minimum Gasteiger partial charge on any atom is -0.474 e. The van der Waals surface area contributed by atoms with Gasteiger partial charge in [-0.25, -0.2) is 9.37 Å². The van der Waals surface area contributed by atoms with Crippen molar-refractivity contribution in [3.05, 3.63) is 42.2 Å². The van der Waals surface area contributed by atoms with E-state index in [-0.39, 0.29) is 23.7 Å². The average Bonchev–Trinajstić information content (AvgIpc) is 3.06. The third kappa shape index (κ3) is 2.56. The van der Waals surface area contributed by atoms with Gasteiger partial charge >= 0.3 is 0 Å². The first-order valence-corrected chi connectivity index (χ1v) is 9.07. The molecule has 3 fully saturated rings. The molecule has 0 spiro atoms. The van der Waals surface area contributed by atoms with Crippen molar-refractivity contribution in [2.45, 2.75) is 13.0 Å². The van der Waals surface area contributed by atoms with Crippen molar-refractivity contribution >= 4 is 11.6 Å². The summed E-state index contributed by atoms with van der Waals surface area (Å²) in [5.74, 6) is 1.52. The lowest BCUT2D eigenvalue weighted by molar-refractivity contribution is -0.126. The molecule has 6 heteroatoms. The van der Waals surface area contributed by atoms with Gasteiger partial charge in [-0.15, -0.1) is 0 Å². The number of fused-ring (bicyclic) bond motifs is 1. The van der Waals surface area contributed by atoms with E-state index in [1.807, 2.05) is 19.1 Å². The van der Waals surface area contributed by atoms with Gasteiger partial charge in [0.2, 0.25) is 11.8 Å². The minimum atomic E-state index is -0.286. The van der Waals surface area contributed by atoms with Gasteiger partial charge in [-0.1, -0.05) is 6.92 Å². The Morgan fingerprint density at radius 3 is 2.58 bits per heavy atom. The highest BCUT2D eigenvalue weighted by Crippen LogP contribution is 2.45. The molecule has 2 aromatic rings. The Hall–Kier alpha value is -2.47. The quantitative estimate of drug-likeness (QED) is 0.858. The lowest BCUT2D eigenvalue weighted by atomic mass is 10.00. The molecule has 2 saturated heterocycles. The third-order valence-corrected chi connectivity index (χ3v) is 5.65. The van der Waals surface area contributed by atoms with Gasteiger partial charge in [-0.2, -0.15) is 0 Å². The summed E-state index contributed by atoms with van der Waals surface area (Å²) in [6.45, 7) is 4.60. The van der Waals surface area contributed by atoms with Gasteiger partial charge in [-0.05, 0) is 30.3 Å².